The summed E-state index contributed by atoms with van der Waals surface area (Å²) in [6.45, 7) is 0.519. The lowest BCUT2D eigenvalue weighted by molar-refractivity contribution is 0.0710. The van der Waals surface area contributed by atoms with Gasteiger partial charge in [-0.3, -0.25) is 4.79 Å². The normalized spacial score (nSPS) is 16.0. The molecule has 4 rings (SSSR count). The number of halogens is 2. The Kier molecular flexibility index (Phi) is 5.59. The molecule has 156 valence electrons. The number of hydrogen-bond donors (Lipinski definition) is 0. The molecule has 1 fully saturated rings. The van der Waals surface area contributed by atoms with Gasteiger partial charge in [-0.05, 0) is 49.2 Å². The van der Waals surface area contributed by atoms with Crippen molar-refractivity contribution < 1.29 is 23.2 Å². The summed E-state index contributed by atoms with van der Waals surface area (Å²) in [5, 5.41) is 4.13. The fourth-order valence-electron chi connectivity index (χ4n) is 3.55. The number of likely N-dealkylation sites (tertiary alicyclic amines) is 1. The second kappa shape index (κ2) is 8.31. The predicted octanol–water partition coefficient (Wildman–Crippen LogP) is 4.52. The van der Waals surface area contributed by atoms with Crippen molar-refractivity contribution in [1.29, 1.82) is 0 Å². The summed E-state index contributed by atoms with van der Waals surface area (Å²) in [6, 6.07) is 8.66. The number of methoxy groups -OCH3 is 2. The number of amides is 1. The maximum absolute atomic E-state index is 13.3. The molecule has 7 nitrogen and oxygen atoms in total. The van der Waals surface area contributed by atoms with Crippen LogP contribution in [0.2, 0.25) is 5.02 Å². The summed E-state index contributed by atoms with van der Waals surface area (Å²) in [5.41, 5.74) is 0.935. The molecular formula is C21H19ClFN3O4. The van der Waals surface area contributed by atoms with Gasteiger partial charge in [0.05, 0.1) is 24.8 Å². The molecule has 1 aromatic heterocycles. The van der Waals surface area contributed by atoms with Crippen LogP contribution in [0.25, 0.3) is 11.4 Å². The minimum atomic E-state index is -0.494. The van der Waals surface area contributed by atoms with E-state index in [-0.39, 0.29) is 22.5 Å². The van der Waals surface area contributed by atoms with Crippen LogP contribution in [-0.4, -0.2) is 41.7 Å². The van der Waals surface area contributed by atoms with Crippen molar-refractivity contribution in [2.75, 3.05) is 20.8 Å². The summed E-state index contributed by atoms with van der Waals surface area (Å²) in [5.74, 6) is 1.06. The zero-order chi connectivity index (χ0) is 21.3. The van der Waals surface area contributed by atoms with Gasteiger partial charge in [-0.2, -0.15) is 4.98 Å². The monoisotopic (exact) mass is 431 g/mol. The van der Waals surface area contributed by atoms with Crippen LogP contribution in [0.3, 0.4) is 0 Å². The first-order valence-corrected chi connectivity index (χ1v) is 9.71. The summed E-state index contributed by atoms with van der Waals surface area (Å²) >= 11 is 6.07. The van der Waals surface area contributed by atoms with Gasteiger partial charge in [-0.15, -0.1) is 0 Å². The quantitative estimate of drug-likeness (QED) is 0.591. The van der Waals surface area contributed by atoms with Gasteiger partial charge in [0.1, 0.15) is 11.9 Å². The summed E-state index contributed by atoms with van der Waals surface area (Å²) < 4.78 is 29.4. The molecule has 3 aromatic rings. The minimum Gasteiger partial charge on any atom is -0.493 e. The number of carbonyl (C=O) groups excluding carboxylic acids is 1. The molecule has 0 unspecified atom stereocenters. The van der Waals surface area contributed by atoms with Gasteiger partial charge < -0.3 is 18.9 Å². The fourth-order valence-corrected chi connectivity index (χ4v) is 3.80. The number of aromatic nitrogens is 2. The molecule has 2 heterocycles. The van der Waals surface area contributed by atoms with Crippen molar-refractivity contribution in [3.05, 3.63) is 58.7 Å². The molecule has 0 bridgehead atoms. The molecule has 1 aliphatic heterocycles. The Balaban J connectivity index is 1.60. The third-order valence-corrected chi connectivity index (χ3v) is 5.36. The second-order valence-electron chi connectivity index (χ2n) is 6.81. The number of hydrogen-bond acceptors (Lipinski definition) is 6. The van der Waals surface area contributed by atoms with Gasteiger partial charge in [-0.25, -0.2) is 4.39 Å². The van der Waals surface area contributed by atoms with Crippen LogP contribution in [0.1, 0.15) is 35.1 Å². The first-order valence-electron chi connectivity index (χ1n) is 9.34. The molecule has 1 saturated heterocycles. The van der Waals surface area contributed by atoms with Crippen LogP contribution >= 0.6 is 11.6 Å². The molecule has 9 heteroatoms. The van der Waals surface area contributed by atoms with Crippen molar-refractivity contribution in [3.8, 4) is 22.9 Å². The molecule has 0 N–H and O–H groups in total. The van der Waals surface area contributed by atoms with Crippen molar-refractivity contribution in [1.82, 2.24) is 15.0 Å². The van der Waals surface area contributed by atoms with Crippen LogP contribution in [0.4, 0.5) is 4.39 Å². The van der Waals surface area contributed by atoms with Gasteiger partial charge in [-0.1, -0.05) is 16.8 Å². The molecule has 0 spiro atoms. The lowest BCUT2D eigenvalue weighted by Gasteiger charge is -2.22. The largest absolute Gasteiger partial charge is 0.493 e. The molecule has 1 aliphatic rings. The molecule has 1 amide bonds. The second-order valence-corrected chi connectivity index (χ2v) is 7.21. The first-order chi connectivity index (χ1) is 14.5. The number of rotatable bonds is 5. The van der Waals surface area contributed by atoms with E-state index in [1.54, 1.807) is 37.3 Å². The summed E-state index contributed by atoms with van der Waals surface area (Å²) in [4.78, 5) is 19.1. The minimum absolute atomic E-state index is 0.0715. The van der Waals surface area contributed by atoms with E-state index in [0.29, 0.717) is 41.7 Å². The van der Waals surface area contributed by atoms with Gasteiger partial charge in [0.2, 0.25) is 11.7 Å². The predicted molar refractivity (Wildman–Crippen MR) is 107 cm³/mol. The van der Waals surface area contributed by atoms with E-state index in [1.807, 2.05) is 0 Å². The van der Waals surface area contributed by atoms with E-state index < -0.39 is 5.82 Å². The van der Waals surface area contributed by atoms with Crippen LogP contribution < -0.4 is 9.47 Å². The highest BCUT2D eigenvalue weighted by Gasteiger charge is 2.35. The van der Waals surface area contributed by atoms with Crippen LogP contribution in [0.5, 0.6) is 11.5 Å². The maximum Gasteiger partial charge on any atom is 0.256 e. The van der Waals surface area contributed by atoms with Crippen molar-refractivity contribution >= 4 is 17.5 Å². The van der Waals surface area contributed by atoms with E-state index in [2.05, 4.69) is 10.1 Å². The Labute approximate surface area is 177 Å². The van der Waals surface area contributed by atoms with Gasteiger partial charge >= 0.3 is 0 Å². The molecule has 0 aliphatic carbocycles. The number of carbonyl (C=O) groups is 1. The highest BCUT2D eigenvalue weighted by Crippen LogP contribution is 2.36. The number of ether oxygens (including phenoxy) is 2. The average molecular weight is 432 g/mol. The third-order valence-electron chi connectivity index (χ3n) is 5.04. The highest BCUT2D eigenvalue weighted by molar-refractivity contribution is 6.33. The van der Waals surface area contributed by atoms with Crippen molar-refractivity contribution in [3.63, 3.8) is 0 Å². The Morgan fingerprint density at radius 3 is 2.73 bits per heavy atom. The molecule has 2 aromatic carbocycles. The van der Waals surface area contributed by atoms with E-state index >= 15 is 0 Å². The van der Waals surface area contributed by atoms with E-state index in [9.17, 15) is 9.18 Å². The van der Waals surface area contributed by atoms with E-state index in [0.717, 1.165) is 12.5 Å². The Hall–Kier alpha value is -3.13. The number of nitrogens with zero attached hydrogens (tertiary/aromatic N) is 3. The number of benzene rings is 2. The third kappa shape index (κ3) is 3.70. The molecular weight excluding hydrogens is 413 g/mol. The zero-order valence-corrected chi connectivity index (χ0v) is 17.1. The fraction of sp³-hybridized carbons (Fsp3) is 0.286. The molecule has 0 radical (unpaired) electrons. The highest BCUT2D eigenvalue weighted by atomic mass is 35.5. The van der Waals surface area contributed by atoms with Crippen LogP contribution in [0.15, 0.2) is 40.9 Å². The Bertz CT molecular complexity index is 1090. The van der Waals surface area contributed by atoms with Crippen molar-refractivity contribution in [2.24, 2.45) is 0 Å². The smallest absolute Gasteiger partial charge is 0.256 e. The average Bonchev–Trinajstić information content (AvgIpc) is 3.42. The van der Waals surface area contributed by atoms with Gasteiger partial charge in [0.25, 0.3) is 5.91 Å². The molecule has 30 heavy (non-hydrogen) atoms. The molecule has 1 atom stereocenters. The van der Waals surface area contributed by atoms with Crippen LogP contribution in [0, 0.1) is 5.82 Å². The maximum atomic E-state index is 13.3. The lowest BCUT2D eigenvalue weighted by atomic mass is 10.1. The van der Waals surface area contributed by atoms with Gasteiger partial charge in [0.15, 0.2) is 11.5 Å². The topological polar surface area (TPSA) is 77.7 Å². The Morgan fingerprint density at radius 1 is 1.20 bits per heavy atom. The Morgan fingerprint density at radius 2 is 2.00 bits per heavy atom. The van der Waals surface area contributed by atoms with E-state index in [4.69, 9.17) is 25.6 Å². The van der Waals surface area contributed by atoms with Crippen molar-refractivity contribution in [2.45, 2.75) is 18.9 Å². The zero-order valence-electron chi connectivity index (χ0n) is 16.4. The molecule has 0 saturated carbocycles. The first kappa shape index (κ1) is 20.2. The lowest BCUT2D eigenvalue weighted by Crippen LogP contribution is -2.31. The summed E-state index contributed by atoms with van der Waals surface area (Å²) in [6.07, 6.45) is 1.46. The SMILES string of the molecule is COc1ccc(-c2noc([C@H]3CCCN3C(=O)c3ccc(F)cc3Cl)n2)cc1OC. The van der Waals surface area contributed by atoms with E-state index in [1.165, 1.54) is 12.1 Å². The summed E-state index contributed by atoms with van der Waals surface area (Å²) in [7, 11) is 3.11. The van der Waals surface area contributed by atoms with Gasteiger partial charge in [0, 0.05) is 12.1 Å². The van der Waals surface area contributed by atoms with Crippen LogP contribution in [-0.2, 0) is 0 Å². The standard InChI is InChI=1S/C21H19ClFN3O4/c1-28-17-8-5-12(10-18(17)29-2)19-24-20(30-25-19)16-4-3-9-26(16)21(27)14-7-6-13(23)11-15(14)22/h5-8,10-11,16H,3-4,9H2,1-2H3/t16-/m1/s1.